The molecular formula is C13H27NOS. The smallest absolute Gasteiger partial charge is 0.0637 e. The lowest BCUT2D eigenvalue weighted by molar-refractivity contribution is 0.00829. The number of ether oxygens (including phenoxy) is 1. The van der Waals surface area contributed by atoms with Crippen LogP contribution in [0.3, 0.4) is 0 Å². The highest BCUT2D eigenvalue weighted by molar-refractivity contribution is 7.99. The van der Waals surface area contributed by atoms with Gasteiger partial charge in [0.15, 0.2) is 0 Å². The van der Waals surface area contributed by atoms with Crippen LogP contribution in [0.1, 0.15) is 40.0 Å². The molecule has 1 aliphatic heterocycles. The molecule has 3 heteroatoms. The molecule has 1 saturated heterocycles. The van der Waals surface area contributed by atoms with E-state index in [9.17, 15) is 0 Å². The lowest BCUT2D eigenvalue weighted by Crippen LogP contribution is -2.38. The Kier molecular flexibility index (Phi) is 6.16. The van der Waals surface area contributed by atoms with E-state index in [1.54, 1.807) is 7.11 Å². The number of rotatable bonds is 6. The monoisotopic (exact) mass is 245 g/mol. The van der Waals surface area contributed by atoms with Gasteiger partial charge in [0, 0.05) is 13.2 Å². The summed E-state index contributed by atoms with van der Waals surface area (Å²) in [6, 6.07) is 0.546. The van der Waals surface area contributed by atoms with Crippen molar-refractivity contribution in [3.8, 4) is 0 Å². The zero-order chi connectivity index (χ0) is 12.0. The molecule has 1 N–H and O–H groups in total. The van der Waals surface area contributed by atoms with Gasteiger partial charge >= 0.3 is 0 Å². The second kappa shape index (κ2) is 6.87. The fraction of sp³-hybridized carbons (Fsp3) is 1.00. The summed E-state index contributed by atoms with van der Waals surface area (Å²) in [6.07, 6.45) is 3.85. The summed E-state index contributed by atoms with van der Waals surface area (Å²) >= 11 is 2.10. The first-order valence-corrected chi connectivity index (χ1v) is 7.55. The van der Waals surface area contributed by atoms with Gasteiger partial charge < -0.3 is 10.1 Å². The van der Waals surface area contributed by atoms with Crippen molar-refractivity contribution in [2.75, 3.05) is 25.2 Å². The van der Waals surface area contributed by atoms with Crippen LogP contribution in [0, 0.1) is 5.92 Å². The Morgan fingerprint density at radius 3 is 2.56 bits per heavy atom. The molecular weight excluding hydrogens is 218 g/mol. The first-order valence-electron chi connectivity index (χ1n) is 6.40. The van der Waals surface area contributed by atoms with Crippen LogP contribution in [0.25, 0.3) is 0 Å². The molecule has 0 saturated carbocycles. The molecule has 1 atom stereocenters. The van der Waals surface area contributed by atoms with Gasteiger partial charge in [-0.1, -0.05) is 0 Å². The second-order valence-corrected chi connectivity index (χ2v) is 6.76. The average Bonchev–Trinajstić information content (AvgIpc) is 2.27. The fourth-order valence-corrected chi connectivity index (χ4v) is 3.42. The van der Waals surface area contributed by atoms with E-state index in [1.807, 2.05) is 0 Å². The van der Waals surface area contributed by atoms with Gasteiger partial charge in [0.2, 0.25) is 0 Å². The molecule has 16 heavy (non-hydrogen) atoms. The quantitative estimate of drug-likeness (QED) is 0.777. The fourth-order valence-electron chi connectivity index (χ4n) is 2.21. The number of methoxy groups -OCH3 is 1. The molecule has 1 aliphatic rings. The average molecular weight is 245 g/mol. The lowest BCUT2D eigenvalue weighted by atomic mass is 9.98. The Labute approximate surface area is 105 Å². The van der Waals surface area contributed by atoms with Gasteiger partial charge in [0.05, 0.1) is 5.60 Å². The molecule has 2 nitrogen and oxygen atoms in total. The Bertz CT molecular complexity index is 190. The number of hydrogen-bond donors (Lipinski definition) is 1. The van der Waals surface area contributed by atoms with E-state index in [1.165, 1.54) is 30.9 Å². The van der Waals surface area contributed by atoms with Crippen LogP contribution >= 0.6 is 11.8 Å². The molecule has 1 unspecified atom stereocenters. The van der Waals surface area contributed by atoms with Gasteiger partial charge in [-0.05, 0) is 64.0 Å². The molecule has 0 amide bonds. The van der Waals surface area contributed by atoms with Gasteiger partial charge in [-0.15, -0.1) is 0 Å². The zero-order valence-electron chi connectivity index (χ0n) is 11.2. The van der Waals surface area contributed by atoms with Crippen molar-refractivity contribution in [2.45, 2.75) is 51.7 Å². The normalized spacial score (nSPS) is 21.0. The van der Waals surface area contributed by atoms with Crippen molar-refractivity contribution in [1.29, 1.82) is 0 Å². The van der Waals surface area contributed by atoms with E-state index in [4.69, 9.17) is 4.74 Å². The summed E-state index contributed by atoms with van der Waals surface area (Å²) < 4.78 is 5.46. The Balaban J connectivity index is 2.16. The summed E-state index contributed by atoms with van der Waals surface area (Å²) in [5, 5.41) is 3.65. The van der Waals surface area contributed by atoms with Gasteiger partial charge in [0.1, 0.15) is 0 Å². The van der Waals surface area contributed by atoms with E-state index in [-0.39, 0.29) is 5.60 Å². The Morgan fingerprint density at radius 1 is 1.38 bits per heavy atom. The minimum Gasteiger partial charge on any atom is -0.379 e. The number of thioether (sulfide) groups is 1. The van der Waals surface area contributed by atoms with Crippen LogP contribution in [0.15, 0.2) is 0 Å². The van der Waals surface area contributed by atoms with E-state index in [2.05, 4.69) is 37.8 Å². The topological polar surface area (TPSA) is 21.3 Å². The van der Waals surface area contributed by atoms with E-state index >= 15 is 0 Å². The summed E-state index contributed by atoms with van der Waals surface area (Å²) in [5.41, 5.74) is -0.00513. The molecule has 0 aromatic carbocycles. The van der Waals surface area contributed by atoms with Gasteiger partial charge in [0.25, 0.3) is 0 Å². The maximum absolute atomic E-state index is 5.46. The van der Waals surface area contributed by atoms with Crippen molar-refractivity contribution in [1.82, 2.24) is 5.32 Å². The molecule has 1 heterocycles. The number of hydrogen-bond acceptors (Lipinski definition) is 3. The third-order valence-electron chi connectivity index (χ3n) is 3.45. The molecule has 0 aromatic rings. The summed E-state index contributed by atoms with van der Waals surface area (Å²) in [5.74, 6) is 3.60. The standard InChI is InChI=1S/C13H27NOS/c1-11(9-13(2,3)15-4)14-10-12-5-7-16-8-6-12/h11-12,14H,5-10H2,1-4H3. The van der Waals surface area contributed by atoms with Crippen LogP contribution in [-0.4, -0.2) is 36.8 Å². The molecule has 0 spiro atoms. The first kappa shape index (κ1) is 14.3. The summed E-state index contributed by atoms with van der Waals surface area (Å²) in [4.78, 5) is 0. The van der Waals surface area contributed by atoms with Crippen molar-refractivity contribution < 1.29 is 4.74 Å². The highest BCUT2D eigenvalue weighted by Crippen LogP contribution is 2.22. The van der Waals surface area contributed by atoms with Crippen LogP contribution in [0.4, 0.5) is 0 Å². The zero-order valence-corrected chi connectivity index (χ0v) is 12.0. The highest BCUT2D eigenvalue weighted by Gasteiger charge is 2.21. The Morgan fingerprint density at radius 2 is 2.00 bits per heavy atom. The first-order chi connectivity index (χ1) is 7.53. The molecule has 0 radical (unpaired) electrons. The third-order valence-corrected chi connectivity index (χ3v) is 4.49. The number of nitrogens with one attached hydrogen (secondary N) is 1. The van der Waals surface area contributed by atoms with Crippen molar-refractivity contribution in [3.63, 3.8) is 0 Å². The summed E-state index contributed by atoms with van der Waals surface area (Å²) in [6.45, 7) is 7.75. The molecule has 96 valence electrons. The van der Waals surface area contributed by atoms with Crippen LogP contribution in [0.2, 0.25) is 0 Å². The maximum Gasteiger partial charge on any atom is 0.0637 e. The second-order valence-electron chi connectivity index (χ2n) is 5.53. The minimum absolute atomic E-state index is 0.00513. The van der Waals surface area contributed by atoms with Crippen molar-refractivity contribution in [3.05, 3.63) is 0 Å². The van der Waals surface area contributed by atoms with E-state index in [0.717, 1.165) is 12.3 Å². The predicted molar refractivity (Wildman–Crippen MR) is 73.2 cm³/mol. The molecule has 1 rings (SSSR count). The molecule has 1 fully saturated rings. The lowest BCUT2D eigenvalue weighted by Gasteiger charge is -2.29. The molecule has 0 aliphatic carbocycles. The van der Waals surface area contributed by atoms with E-state index in [0.29, 0.717) is 6.04 Å². The molecule has 0 aromatic heterocycles. The van der Waals surface area contributed by atoms with E-state index < -0.39 is 0 Å². The predicted octanol–water partition coefficient (Wildman–Crippen LogP) is 2.92. The highest BCUT2D eigenvalue weighted by atomic mass is 32.2. The van der Waals surface area contributed by atoms with Crippen molar-refractivity contribution in [2.24, 2.45) is 5.92 Å². The molecule has 0 bridgehead atoms. The van der Waals surface area contributed by atoms with Gasteiger partial charge in [-0.2, -0.15) is 11.8 Å². The SMILES string of the molecule is COC(C)(C)CC(C)NCC1CCSCC1. The third kappa shape index (κ3) is 5.55. The van der Waals surface area contributed by atoms with Crippen molar-refractivity contribution >= 4 is 11.8 Å². The largest absolute Gasteiger partial charge is 0.379 e. The van der Waals surface area contributed by atoms with Crippen LogP contribution in [-0.2, 0) is 4.74 Å². The van der Waals surface area contributed by atoms with Crippen LogP contribution in [0.5, 0.6) is 0 Å². The maximum atomic E-state index is 5.46. The van der Waals surface area contributed by atoms with Crippen LogP contribution < -0.4 is 5.32 Å². The van der Waals surface area contributed by atoms with Gasteiger partial charge in [-0.25, -0.2) is 0 Å². The summed E-state index contributed by atoms with van der Waals surface area (Å²) in [7, 11) is 1.80. The van der Waals surface area contributed by atoms with Gasteiger partial charge in [-0.3, -0.25) is 0 Å². The Hall–Kier alpha value is 0.270. The minimum atomic E-state index is -0.00513.